The van der Waals surface area contributed by atoms with Crippen LogP contribution in [-0.4, -0.2) is 29.0 Å². The van der Waals surface area contributed by atoms with Gasteiger partial charge in [0.05, 0.1) is 10.9 Å². The molecular weight excluding hydrogens is 316 g/mol. The molecule has 1 aliphatic carbocycles. The summed E-state index contributed by atoms with van der Waals surface area (Å²) < 4.78 is 6.78. The van der Waals surface area contributed by atoms with Crippen molar-refractivity contribution in [3.63, 3.8) is 0 Å². The highest BCUT2D eigenvalue weighted by atomic mass is 16.5. The first-order valence-electron chi connectivity index (χ1n) is 8.99. The predicted octanol–water partition coefficient (Wildman–Crippen LogP) is 3.41. The van der Waals surface area contributed by atoms with E-state index in [1.165, 1.54) is 12.8 Å². The van der Waals surface area contributed by atoms with Gasteiger partial charge < -0.3 is 4.74 Å². The first kappa shape index (κ1) is 17.6. The largest absolute Gasteiger partial charge is 0.385 e. The Morgan fingerprint density at radius 3 is 3.04 bits per heavy atom. The minimum atomic E-state index is -0.0404. The molecule has 1 aromatic carbocycles. The van der Waals surface area contributed by atoms with Crippen LogP contribution in [0.4, 0.5) is 5.95 Å². The van der Waals surface area contributed by atoms with Crippen molar-refractivity contribution < 1.29 is 4.74 Å². The number of hydrogen-bond donors (Lipinski definition) is 1. The number of anilines is 1. The van der Waals surface area contributed by atoms with Crippen LogP contribution in [0.25, 0.3) is 10.9 Å². The number of hydrazone groups is 1. The molecule has 0 spiro atoms. The molecule has 25 heavy (non-hydrogen) atoms. The summed E-state index contributed by atoms with van der Waals surface area (Å²) in [6, 6.07) is 7.43. The Kier molecular flexibility index (Phi) is 5.81. The second-order valence-electron chi connectivity index (χ2n) is 6.75. The summed E-state index contributed by atoms with van der Waals surface area (Å²) in [7, 11) is 1.66. The first-order valence-corrected chi connectivity index (χ1v) is 8.99. The molecule has 1 aromatic heterocycles. The van der Waals surface area contributed by atoms with E-state index in [1.54, 1.807) is 11.7 Å². The number of para-hydroxylation sites is 1. The van der Waals surface area contributed by atoms with Crippen molar-refractivity contribution in [1.29, 1.82) is 0 Å². The molecule has 0 saturated heterocycles. The molecule has 1 heterocycles. The number of fused-ring (bicyclic) bond motifs is 1. The number of nitrogens with one attached hydrogen (secondary N) is 1. The maximum Gasteiger partial charge on any atom is 0.262 e. The summed E-state index contributed by atoms with van der Waals surface area (Å²) in [4.78, 5) is 17.5. The van der Waals surface area contributed by atoms with Gasteiger partial charge in [0.15, 0.2) is 0 Å². The summed E-state index contributed by atoms with van der Waals surface area (Å²) in [5, 5.41) is 5.18. The SMILES string of the molecule is COCCCn1c(N/N=C2/CCC[C@H](C)C2)nc2ccccc2c1=O. The average molecular weight is 342 g/mol. The van der Waals surface area contributed by atoms with Gasteiger partial charge >= 0.3 is 0 Å². The lowest BCUT2D eigenvalue weighted by atomic mass is 9.89. The topological polar surface area (TPSA) is 68.5 Å². The van der Waals surface area contributed by atoms with Crippen molar-refractivity contribution in [2.75, 3.05) is 19.1 Å². The van der Waals surface area contributed by atoms with Gasteiger partial charge in [-0.2, -0.15) is 5.10 Å². The number of benzene rings is 1. The smallest absolute Gasteiger partial charge is 0.262 e. The summed E-state index contributed by atoms with van der Waals surface area (Å²) >= 11 is 0. The molecule has 6 nitrogen and oxygen atoms in total. The van der Waals surface area contributed by atoms with Gasteiger partial charge in [-0.3, -0.25) is 9.36 Å². The number of hydrogen-bond acceptors (Lipinski definition) is 5. The molecule has 0 bridgehead atoms. The van der Waals surface area contributed by atoms with E-state index in [0.717, 1.165) is 25.0 Å². The minimum Gasteiger partial charge on any atom is -0.385 e. The Bertz CT molecular complexity index is 813. The fraction of sp³-hybridized carbons (Fsp3) is 0.526. The van der Waals surface area contributed by atoms with Gasteiger partial charge in [-0.25, -0.2) is 10.4 Å². The number of methoxy groups -OCH3 is 1. The summed E-state index contributed by atoms with van der Waals surface area (Å²) in [6.45, 7) is 3.41. The lowest BCUT2D eigenvalue weighted by molar-refractivity contribution is 0.190. The zero-order chi connectivity index (χ0) is 17.6. The molecule has 1 aliphatic rings. The fourth-order valence-corrected chi connectivity index (χ4v) is 3.32. The van der Waals surface area contributed by atoms with Crippen LogP contribution in [0.15, 0.2) is 34.2 Å². The molecular formula is C19H26N4O2. The van der Waals surface area contributed by atoms with Crippen LogP contribution >= 0.6 is 0 Å². The van der Waals surface area contributed by atoms with Crippen LogP contribution in [0.1, 0.15) is 39.0 Å². The van der Waals surface area contributed by atoms with Crippen molar-refractivity contribution >= 4 is 22.6 Å². The zero-order valence-corrected chi connectivity index (χ0v) is 15.0. The van der Waals surface area contributed by atoms with E-state index in [4.69, 9.17) is 4.74 Å². The molecule has 1 saturated carbocycles. The number of ether oxygens (including phenoxy) is 1. The number of nitrogens with zero attached hydrogens (tertiary/aromatic N) is 3. The second-order valence-corrected chi connectivity index (χ2v) is 6.75. The Balaban J connectivity index is 1.92. The van der Waals surface area contributed by atoms with Crippen LogP contribution in [0.2, 0.25) is 0 Å². The average Bonchev–Trinajstić information content (AvgIpc) is 2.62. The highest BCUT2D eigenvalue weighted by Gasteiger charge is 2.15. The van der Waals surface area contributed by atoms with E-state index in [2.05, 4.69) is 22.4 Å². The molecule has 0 radical (unpaired) electrons. The normalized spacial score (nSPS) is 19.4. The van der Waals surface area contributed by atoms with Gasteiger partial charge in [-0.15, -0.1) is 0 Å². The van der Waals surface area contributed by atoms with Crippen LogP contribution in [0.5, 0.6) is 0 Å². The minimum absolute atomic E-state index is 0.0404. The molecule has 1 atom stereocenters. The molecule has 1 N–H and O–H groups in total. The van der Waals surface area contributed by atoms with E-state index in [0.29, 0.717) is 35.9 Å². The standard InChI is InChI=1S/C19H26N4O2/c1-14-7-5-8-15(13-14)21-22-19-20-17-10-4-3-9-16(17)18(24)23(19)11-6-12-25-2/h3-4,9-10,14H,5-8,11-13H2,1-2H3,(H,20,22)/b21-15-/t14-/m0/s1. The van der Waals surface area contributed by atoms with Crippen LogP contribution in [-0.2, 0) is 11.3 Å². The third kappa shape index (κ3) is 4.25. The maximum atomic E-state index is 12.8. The quantitative estimate of drug-likeness (QED) is 0.645. The zero-order valence-electron chi connectivity index (χ0n) is 15.0. The van der Waals surface area contributed by atoms with E-state index >= 15 is 0 Å². The van der Waals surface area contributed by atoms with Crippen molar-refractivity contribution in [2.45, 2.75) is 45.6 Å². The van der Waals surface area contributed by atoms with Crippen LogP contribution in [0.3, 0.4) is 0 Å². The molecule has 0 aliphatic heterocycles. The van der Waals surface area contributed by atoms with Gasteiger partial charge in [-0.05, 0) is 50.2 Å². The molecule has 0 unspecified atom stereocenters. The highest BCUT2D eigenvalue weighted by molar-refractivity contribution is 5.86. The lowest BCUT2D eigenvalue weighted by Crippen LogP contribution is -2.25. The van der Waals surface area contributed by atoms with Gasteiger partial charge in [0.2, 0.25) is 5.95 Å². The third-order valence-electron chi connectivity index (χ3n) is 4.65. The third-order valence-corrected chi connectivity index (χ3v) is 4.65. The number of rotatable bonds is 6. The van der Waals surface area contributed by atoms with Crippen LogP contribution in [0, 0.1) is 5.92 Å². The summed E-state index contributed by atoms with van der Waals surface area (Å²) in [5.41, 5.74) is 4.87. The second kappa shape index (κ2) is 8.25. The van der Waals surface area contributed by atoms with E-state index in [9.17, 15) is 4.79 Å². The Hall–Kier alpha value is -2.21. The molecule has 6 heteroatoms. The van der Waals surface area contributed by atoms with Gasteiger partial charge in [-0.1, -0.05) is 19.1 Å². The van der Waals surface area contributed by atoms with Crippen LogP contribution < -0.4 is 11.0 Å². The van der Waals surface area contributed by atoms with Gasteiger partial charge in [0.1, 0.15) is 0 Å². The summed E-state index contributed by atoms with van der Waals surface area (Å²) in [5.74, 6) is 1.17. The summed E-state index contributed by atoms with van der Waals surface area (Å²) in [6.07, 6.45) is 5.20. The Labute approximate surface area is 147 Å². The van der Waals surface area contributed by atoms with Crippen molar-refractivity contribution in [3.05, 3.63) is 34.6 Å². The molecule has 1 fully saturated rings. The number of aromatic nitrogens is 2. The van der Waals surface area contributed by atoms with E-state index < -0.39 is 0 Å². The predicted molar refractivity (Wildman–Crippen MR) is 101 cm³/mol. The molecule has 3 rings (SSSR count). The lowest BCUT2D eigenvalue weighted by Gasteiger charge is -2.19. The fourth-order valence-electron chi connectivity index (χ4n) is 3.32. The monoisotopic (exact) mass is 342 g/mol. The first-order chi connectivity index (χ1) is 12.2. The van der Waals surface area contributed by atoms with Crippen molar-refractivity contribution in [3.8, 4) is 0 Å². The molecule has 0 amide bonds. The van der Waals surface area contributed by atoms with Crippen molar-refractivity contribution in [1.82, 2.24) is 9.55 Å². The Morgan fingerprint density at radius 1 is 1.40 bits per heavy atom. The highest BCUT2D eigenvalue weighted by Crippen LogP contribution is 2.21. The molecule has 2 aromatic rings. The van der Waals surface area contributed by atoms with E-state index in [-0.39, 0.29) is 5.56 Å². The van der Waals surface area contributed by atoms with E-state index in [1.807, 2.05) is 24.3 Å². The molecule has 134 valence electrons. The Morgan fingerprint density at radius 2 is 2.24 bits per heavy atom. The van der Waals surface area contributed by atoms with Gasteiger partial charge in [0, 0.05) is 26.0 Å². The van der Waals surface area contributed by atoms with Crippen molar-refractivity contribution in [2.24, 2.45) is 11.0 Å². The maximum absolute atomic E-state index is 12.8. The van der Waals surface area contributed by atoms with Gasteiger partial charge in [0.25, 0.3) is 5.56 Å².